The predicted octanol–water partition coefficient (Wildman–Crippen LogP) is 3.58. The molecule has 3 aromatic rings. The standard InChI is InChI=1S/C24H27N3O4/c1-16-4-6-19(7-5-16)24-27-20(15-31-24)12-13-25-23(29)14-22(26-17(2)28)18-8-10-21(30-3)11-9-18/h4-11,15,22H,12-14H2,1-3H3,(H,25,29)(H,26,28). The number of ether oxygens (including phenoxy) is 1. The molecule has 2 aromatic carbocycles. The predicted molar refractivity (Wildman–Crippen MR) is 118 cm³/mol. The van der Waals surface area contributed by atoms with E-state index in [-0.39, 0.29) is 18.2 Å². The highest BCUT2D eigenvalue weighted by molar-refractivity contribution is 5.79. The minimum Gasteiger partial charge on any atom is -0.497 e. The van der Waals surface area contributed by atoms with Crippen molar-refractivity contribution in [3.05, 3.63) is 71.6 Å². The number of oxazole rings is 1. The summed E-state index contributed by atoms with van der Waals surface area (Å²) in [4.78, 5) is 28.5. The number of nitrogens with zero attached hydrogens (tertiary/aromatic N) is 1. The lowest BCUT2D eigenvalue weighted by molar-refractivity contribution is -0.122. The number of amides is 2. The molecule has 1 aromatic heterocycles. The zero-order chi connectivity index (χ0) is 22.2. The van der Waals surface area contributed by atoms with Crippen LogP contribution in [-0.2, 0) is 16.0 Å². The number of carbonyl (C=O) groups is 2. The fourth-order valence-electron chi connectivity index (χ4n) is 3.17. The molecule has 1 heterocycles. The van der Waals surface area contributed by atoms with Crippen LogP contribution in [-0.4, -0.2) is 30.5 Å². The van der Waals surface area contributed by atoms with Crippen molar-refractivity contribution in [2.24, 2.45) is 0 Å². The largest absolute Gasteiger partial charge is 0.497 e. The third-order valence-electron chi connectivity index (χ3n) is 4.84. The molecule has 0 saturated heterocycles. The summed E-state index contributed by atoms with van der Waals surface area (Å²) < 4.78 is 10.7. The first-order chi connectivity index (χ1) is 14.9. The number of benzene rings is 2. The highest BCUT2D eigenvalue weighted by Gasteiger charge is 2.17. The normalized spacial score (nSPS) is 11.6. The van der Waals surface area contributed by atoms with Crippen molar-refractivity contribution in [3.63, 3.8) is 0 Å². The van der Waals surface area contributed by atoms with E-state index in [4.69, 9.17) is 9.15 Å². The molecule has 1 atom stereocenters. The van der Waals surface area contributed by atoms with E-state index in [1.165, 1.54) is 12.5 Å². The molecule has 7 nitrogen and oxygen atoms in total. The van der Waals surface area contributed by atoms with Crippen LogP contribution in [0.1, 0.15) is 36.2 Å². The number of carbonyl (C=O) groups excluding carboxylic acids is 2. The smallest absolute Gasteiger partial charge is 0.226 e. The highest BCUT2D eigenvalue weighted by Crippen LogP contribution is 2.21. The van der Waals surface area contributed by atoms with Gasteiger partial charge in [0, 0.05) is 25.5 Å². The summed E-state index contributed by atoms with van der Waals surface area (Å²) in [6.07, 6.45) is 2.30. The van der Waals surface area contributed by atoms with E-state index < -0.39 is 6.04 Å². The van der Waals surface area contributed by atoms with Crippen LogP contribution in [0.4, 0.5) is 0 Å². The van der Waals surface area contributed by atoms with Crippen LogP contribution in [0.2, 0.25) is 0 Å². The lowest BCUT2D eigenvalue weighted by atomic mass is 10.0. The Morgan fingerprint density at radius 3 is 2.45 bits per heavy atom. The Labute approximate surface area is 181 Å². The number of rotatable bonds is 9. The van der Waals surface area contributed by atoms with Crippen molar-refractivity contribution in [2.45, 2.75) is 32.7 Å². The van der Waals surface area contributed by atoms with Crippen LogP contribution < -0.4 is 15.4 Å². The molecule has 0 aliphatic rings. The lowest BCUT2D eigenvalue weighted by Crippen LogP contribution is -2.33. The quantitative estimate of drug-likeness (QED) is 0.551. The van der Waals surface area contributed by atoms with E-state index in [1.807, 2.05) is 43.3 Å². The minimum absolute atomic E-state index is 0.138. The maximum atomic E-state index is 12.4. The van der Waals surface area contributed by atoms with E-state index in [0.29, 0.717) is 24.6 Å². The number of methoxy groups -OCH3 is 1. The Bertz CT molecular complexity index is 1010. The fraction of sp³-hybridized carbons (Fsp3) is 0.292. The third-order valence-corrected chi connectivity index (χ3v) is 4.84. The van der Waals surface area contributed by atoms with Gasteiger partial charge in [0.1, 0.15) is 12.0 Å². The van der Waals surface area contributed by atoms with Crippen molar-refractivity contribution >= 4 is 11.8 Å². The van der Waals surface area contributed by atoms with Crippen LogP contribution in [0.3, 0.4) is 0 Å². The third kappa shape index (κ3) is 6.44. The van der Waals surface area contributed by atoms with E-state index in [9.17, 15) is 9.59 Å². The number of hydrogen-bond donors (Lipinski definition) is 2. The summed E-state index contributed by atoms with van der Waals surface area (Å²) in [5, 5.41) is 5.72. The van der Waals surface area contributed by atoms with Crippen molar-refractivity contribution in [2.75, 3.05) is 13.7 Å². The van der Waals surface area contributed by atoms with E-state index >= 15 is 0 Å². The number of aryl methyl sites for hydroxylation is 1. The van der Waals surface area contributed by atoms with Gasteiger partial charge in [-0.2, -0.15) is 0 Å². The first-order valence-electron chi connectivity index (χ1n) is 10.1. The van der Waals surface area contributed by atoms with Crippen molar-refractivity contribution < 1.29 is 18.7 Å². The minimum atomic E-state index is -0.413. The van der Waals surface area contributed by atoms with Crippen LogP contribution in [0.15, 0.2) is 59.2 Å². The van der Waals surface area contributed by atoms with Gasteiger partial charge in [-0.25, -0.2) is 4.98 Å². The zero-order valence-electron chi connectivity index (χ0n) is 18.0. The first kappa shape index (κ1) is 22.1. The molecular weight excluding hydrogens is 394 g/mol. The van der Waals surface area contributed by atoms with E-state index in [1.54, 1.807) is 25.5 Å². The van der Waals surface area contributed by atoms with E-state index in [2.05, 4.69) is 15.6 Å². The van der Waals surface area contributed by atoms with Gasteiger partial charge in [0.05, 0.1) is 25.3 Å². The van der Waals surface area contributed by atoms with Gasteiger partial charge < -0.3 is 19.8 Å². The zero-order valence-corrected chi connectivity index (χ0v) is 18.0. The molecule has 2 amide bonds. The van der Waals surface area contributed by atoms with Crippen LogP contribution >= 0.6 is 0 Å². The summed E-state index contributed by atoms with van der Waals surface area (Å²) in [5.74, 6) is 0.927. The number of nitrogens with one attached hydrogen (secondary N) is 2. The summed E-state index contributed by atoms with van der Waals surface area (Å²) in [5.41, 5.74) is 3.69. The average molecular weight is 421 g/mol. The molecule has 0 fully saturated rings. The second-order valence-electron chi connectivity index (χ2n) is 7.34. The first-order valence-corrected chi connectivity index (χ1v) is 10.1. The molecule has 0 bridgehead atoms. The molecular formula is C24H27N3O4. The molecule has 0 spiro atoms. The maximum Gasteiger partial charge on any atom is 0.226 e. The van der Waals surface area contributed by atoms with Gasteiger partial charge in [-0.05, 0) is 36.8 Å². The molecule has 2 N–H and O–H groups in total. The second kappa shape index (κ2) is 10.4. The summed E-state index contributed by atoms with van der Waals surface area (Å²) in [6, 6.07) is 14.8. The van der Waals surface area contributed by atoms with Gasteiger partial charge in [-0.1, -0.05) is 29.8 Å². The molecule has 0 saturated carbocycles. The average Bonchev–Trinajstić information content (AvgIpc) is 3.22. The number of aromatic nitrogens is 1. The summed E-state index contributed by atoms with van der Waals surface area (Å²) in [6.45, 7) is 3.89. The Balaban J connectivity index is 1.53. The van der Waals surface area contributed by atoms with Gasteiger partial charge in [0.15, 0.2) is 0 Å². The van der Waals surface area contributed by atoms with Crippen LogP contribution in [0.5, 0.6) is 5.75 Å². The maximum absolute atomic E-state index is 12.4. The Morgan fingerprint density at radius 1 is 1.10 bits per heavy atom. The fourth-order valence-corrected chi connectivity index (χ4v) is 3.17. The molecule has 7 heteroatoms. The van der Waals surface area contributed by atoms with Gasteiger partial charge >= 0.3 is 0 Å². The Kier molecular flexibility index (Phi) is 7.43. The molecule has 0 radical (unpaired) electrons. The van der Waals surface area contributed by atoms with Crippen LogP contribution in [0.25, 0.3) is 11.5 Å². The summed E-state index contributed by atoms with van der Waals surface area (Å²) in [7, 11) is 1.59. The van der Waals surface area contributed by atoms with E-state index in [0.717, 1.165) is 16.8 Å². The second-order valence-corrected chi connectivity index (χ2v) is 7.34. The highest BCUT2D eigenvalue weighted by atomic mass is 16.5. The van der Waals surface area contributed by atoms with Crippen molar-refractivity contribution in [1.29, 1.82) is 0 Å². The topological polar surface area (TPSA) is 93.5 Å². The Morgan fingerprint density at radius 2 is 1.81 bits per heavy atom. The summed E-state index contributed by atoms with van der Waals surface area (Å²) >= 11 is 0. The molecule has 0 aliphatic carbocycles. The monoisotopic (exact) mass is 421 g/mol. The van der Waals surface area contributed by atoms with Crippen molar-refractivity contribution in [1.82, 2.24) is 15.6 Å². The van der Waals surface area contributed by atoms with Gasteiger partial charge in [-0.3, -0.25) is 9.59 Å². The van der Waals surface area contributed by atoms with Gasteiger partial charge in [0.25, 0.3) is 0 Å². The molecule has 0 aliphatic heterocycles. The molecule has 3 rings (SSSR count). The van der Waals surface area contributed by atoms with Gasteiger partial charge in [0.2, 0.25) is 17.7 Å². The molecule has 162 valence electrons. The van der Waals surface area contributed by atoms with Gasteiger partial charge in [-0.15, -0.1) is 0 Å². The number of hydrogen-bond acceptors (Lipinski definition) is 5. The Hall–Kier alpha value is -3.61. The lowest BCUT2D eigenvalue weighted by Gasteiger charge is -2.18. The molecule has 1 unspecified atom stereocenters. The van der Waals surface area contributed by atoms with Crippen LogP contribution in [0, 0.1) is 6.92 Å². The van der Waals surface area contributed by atoms with Crippen molar-refractivity contribution in [3.8, 4) is 17.2 Å². The SMILES string of the molecule is COc1ccc(C(CC(=O)NCCc2coc(-c3ccc(C)cc3)n2)NC(C)=O)cc1. The molecule has 31 heavy (non-hydrogen) atoms.